The van der Waals surface area contributed by atoms with Gasteiger partial charge in [0, 0.05) is 11.1 Å². The van der Waals surface area contributed by atoms with Crippen molar-refractivity contribution >= 4 is 17.7 Å². The fourth-order valence-corrected chi connectivity index (χ4v) is 4.59. The van der Waals surface area contributed by atoms with E-state index in [1.54, 1.807) is 7.11 Å². The SMILES string of the molecule is CCCCOc1ccc(/C=C/[C@@]23NC(=O)CN2c2ccccc2C3(C)C)cc1OC. The maximum atomic E-state index is 12.4. The molecule has 0 radical (unpaired) electrons. The van der Waals surface area contributed by atoms with Crippen molar-refractivity contribution in [3.05, 3.63) is 59.7 Å². The average molecular weight is 407 g/mol. The molecule has 5 nitrogen and oxygen atoms in total. The van der Waals surface area contributed by atoms with Crippen molar-refractivity contribution in [3.63, 3.8) is 0 Å². The summed E-state index contributed by atoms with van der Waals surface area (Å²) in [5.74, 6) is 1.51. The van der Waals surface area contributed by atoms with Crippen LogP contribution in [0.15, 0.2) is 48.5 Å². The molecule has 2 aliphatic rings. The van der Waals surface area contributed by atoms with Gasteiger partial charge in [-0.25, -0.2) is 0 Å². The number of hydrogen-bond donors (Lipinski definition) is 1. The first-order chi connectivity index (χ1) is 14.4. The van der Waals surface area contributed by atoms with Crippen LogP contribution in [0.2, 0.25) is 0 Å². The molecule has 0 unspecified atom stereocenters. The molecule has 2 heterocycles. The number of rotatable bonds is 7. The monoisotopic (exact) mass is 406 g/mol. The Morgan fingerprint density at radius 2 is 1.97 bits per heavy atom. The van der Waals surface area contributed by atoms with E-state index in [-0.39, 0.29) is 11.3 Å². The van der Waals surface area contributed by atoms with Gasteiger partial charge in [0.15, 0.2) is 11.5 Å². The van der Waals surface area contributed by atoms with E-state index in [0.717, 1.165) is 29.8 Å². The van der Waals surface area contributed by atoms with Crippen LogP contribution in [0, 0.1) is 0 Å². The Morgan fingerprint density at radius 1 is 1.17 bits per heavy atom. The molecule has 158 valence electrons. The molecule has 1 amide bonds. The van der Waals surface area contributed by atoms with E-state index < -0.39 is 5.66 Å². The maximum Gasteiger partial charge on any atom is 0.241 e. The highest BCUT2D eigenvalue weighted by atomic mass is 16.5. The van der Waals surface area contributed by atoms with Crippen LogP contribution in [0.25, 0.3) is 6.08 Å². The van der Waals surface area contributed by atoms with Crippen molar-refractivity contribution in [3.8, 4) is 11.5 Å². The summed E-state index contributed by atoms with van der Waals surface area (Å²) in [7, 11) is 1.66. The van der Waals surface area contributed by atoms with Gasteiger partial charge in [-0.05, 0) is 41.8 Å². The number of para-hydroxylation sites is 1. The van der Waals surface area contributed by atoms with E-state index in [4.69, 9.17) is 9.47 Å². The second kappa shape index (κ2) is 7.71. The summed E-state index contributed by atoms with van der Waals surface area (Å²) in [6.07, 6.45) is 6.28. The molecule has 0 spiro atoms. The number of anilines is 1. The quantitative estimate of drug-likeness (QED) is 0.688. The normalized spacial score (nSPS) is 21.5. The van der Waals surface area contributed by atoms with Crippen LogP contribution in [0.1, 0.15) is 44.7 Å². The Morgan fingerprint density at radius 3 is 2.73 bits per heavy atom. The molecule has 0 saturated carbocycles. The lowest BCUT2D eigenvalue weighted by Gasteiger charge is -2.40. The van der Waals surface area contributed by atoms with Gasteiger partial charge >= 0.3 is 0 Å². The van der Waals surface area contributed by atoms with Gasteiger partial charge in [0.25, 0.3) is 0 Å². The van der Waals surface area contributed by atoms with Gasteiger partial charge in [0.1, 0.15) is 5.66 Å². The van der Waals surface area contributed by atoms with Gasteiger partial charge < -0.3 is 19.7 Å². The van der Waals surface area contributed by atoms with Crippen molar-refractivity contribution in [1.29, 1.82) is 0 Å². The highest BCUT2D eigenvalue weighted by Crippen LogP contribution is 2.52. The standard InChI is InChI=1S/C25H30N2O3/c1-5-6-15-30-21-12-11-18(16-22(21)29-4)13-14-25-24(2,3)19-9-7-8-10-20(19)27(25)17-23(28)26-25/h7-14,16H,5-6,15,17H2,1-4H3,(H,26,28)/b14-13+/t25-/m1/s1. The van der Waals surface area contributed by atoms with E-state index in [2.05, 4.69) is 61.3 Å². The topological polar surface area (TPSA) is 50.8 Å². The van der Waals surface area contributed by atoms with Gasteiger partial charge in [-0.1, -0.05) is 57.5 Å². The van der Waals surface area contributed by atoms with Crippen molar-refractivity contribution in [1.82, 2.24) is 5.32 Å². The minimum atomic E-state index is -0.600. The third-order valence-corrected chi connectivity index (χ3v) is 6.34. The summed E-state index contributed by atoms with van der Waals surface area (Å²) in [4.78, 5) is 14.6. The molecule has 4 rings (SSSR count). The first-order valence-electron chi connectivity index (χ1n) is 10.6. The Balaban J connectivity index is 1.67. The number of nitrogens with zero attached hydrogens (tertiary/aromatic N) is 1. The highest BCUT2D eigenvalue weighted by Gasteiger charge is 2.59. The third kappa shape index (κ3) is 3.13. The molecule has 0 aromatic heterocycles. The van der Waals surface area contributed by atoms with Crippen LogP contribution in [-0.2, 0) is 10.2 Å². The predicted molar refractivity (Wildman–Crippen MR) is 120 cm³/mol. The number of carbonyl (C=O) groups excluding carboxylic acids is 1. The number of methoxy groups -OCH3 is 1. The molecule has 5 heteroatoms. The van der Waals surface area contributed by atoms with Crippen LogP contribution in [0.4, 0.5) is 5.69 Å². The second-order valence-corrected chi connectivity index (χ2v) is 8.49. The minimum Gasteiger partial charge on any atom is -0.493 e. The zero-order valence-corrected chi connectivity index (χ0v) is 18.2. The Labute approximate surface area is 178 Å². The molecule has 1 fully saturated rings. The van der Waals surface area contributed by atoms with Crippen LogP contribution < -0.4 is 19.7 Å². The number of nitrogens with one attached hydrogen (secondary N) is 1. The molecule has 0 bridgehead atoms. The molecule has 2 aliphatic heterocycles. The lowest BCUT2D eigenvalue weighted by atomic mass is 9.75. The average Bonchev–Trinajstić information content (AvgIpc) is 3.18. The zero-order chi connectivity index (χ0) is 21.4. The predicted octanol–water partition coefficient (Wildman–Crippen LogP) is 4.51. The summed E-state index contributed by atoms with van der Waals surface area (Å²) in [5, 5.41) is 3.26. The van der Waals surface area contributed by atoms with Crippen LogP contribution >= 0.6 is 0 Å². The first-order valence-corrected chi connectivity index (χ1v) is 10.6. The molecule has 2 aromatic rings. The molecule has 1 saturated heterocycles. The maximum absolute atomic E-state index is 12.4. The Bertz CT molecular complexity index is 982. The number of carbonyl (C=O) groups is 1. The molecular weight excluding hydrogens is 376 g/mol. The van der Waals surface area contributed by atoms with E-state index in [0.29, 0.717) is 18.9 Å². The van der Waals surface area contributed by atoms with Gasteiger partial charge in [-0.15, -0.1) is 0 Å². The Kier molecular flexibility index (Phi) is 5.22. The first kappa shape index (κ1) is 20.3. The largest absolute Gasteiger partial charge is 0.493 e. The summed E-state index contributed by atoms with van der Waals surface area (Å²) < 4.78 is 11.4. The lowest BCUT2D eigenvalue weighted by molar-refractivity contribution is -0.118. The van der Waals surface area contributed by atoms with Crippen molar-refractivity contribution < 1.29 is 14.3 Å². The van der Waals surface area contributed by atoms with E-state index in [1.807, 2.05) is 24.3 Å². The number of hydrogen-bond acceptors (Lipinski definition) is 4. The number of benzene rings is 2. The van der Waals surface area contributed by atoms with Gasteiger partial charge in [0.05, 0.1) is 20.3 Å². The Hall–Kier alpha value is -2.95. The van der Waals surface area contributed by atoms with E-state index in [9.17, 15) is 4.79 Å². The van der Waals surface area contributed by atoms with Gasteiger partial charge in [0.2, 0.25) is 5.91 Å². The van der Waals surface area contributed by atoms with Crippen LogP contribution in [-0.4, -0.2) is 31.8 Å². The van der Waals surface area contributed by atoms with Crippen molar-refractivity contribution in [2.75, 3.05) is 25.2 Å². The fourth-order valence-electron chi connectivity index (χ4n) is 4.59. The summed E-state index contributed by atoms with van der Waals surface area (Å²) >= 11 is 0. The van der Waals surface area contributed by atoms with Crippen LogP contribution in [0.3, 0.4) is 0 Å². The summed E-state index contributed by atoms with van der Waals surface area (Å²) in [6.45, 7) is 7.55. The number of fused-ring (bicyclic) bond motifs is 3. The minimum absolute atomic E-state index is 0.0412. The summed E-state index contributed by atoms with van der Waals surface area (Å²) in [6, 6.07) is 14.3. The smallest absolute Gasteiger partial charge is 0.241 e. The van der Waals surface area contributed by atoms with Crippen molar-refractivity contribution in [2.45, 2.75) is 44.7 Å². The zero-order valence-electron chi connectivity index (χ0n) is 18.2. The number of amides is 1. The van der Waals surface area contributed by atoms with E-state index in [1.165, 1.54) is 5.56 Å². The summed E-state index contributed by atoms with van der Waals surface area (Å²) in [5.41, 5.74) is 2.48. The second-order valence-electron chi connectivity index (χ2n) is 8.49. The fraction of sp³-hybridized carbons (Fsp3) is 0.400. The molecule has 30 heavy (non-hydrogen) atoms. The van der Waals surface area contributed by atoms with E-state index >= 15 is 0 Å². The van der Waals surface area contributed by atoms with Crippen molar-refractivity contribution in [2.24, 2.45) is 0 Å². The third-order valence-electron chi connectivity index (χ3n) is 6.34. The molecular formula is C25H30N2O3. The molecule has 1 atom stereocenters. The molecule has 1 N–H and O–H groups in total. The highest BCUT2D eigenvalue weighted by molar-refractivity contribution is 5.91. The van der Waals surface area contributed by atoms with Gasteiger partial charge in [-0.2, -0.15) is 0 Å². The molecule has 0 aliphatic carbocycles. The number of unbranched alkanes of at least 4 members (excludes halogenated alkanes) is 1. The molecule has 2 aromatic carbocycles. The lowest BCUT2D eigenvalue weighted by Crippen LogP contribution is -2.58. The van der Waals surface area contributed by atoms with Crippen LogP contribution in [0.5, 0.6) is 11.5 Å². The van der Waals surface area contributed by atoms with Gasteiger partial charge in [-0.3, -0.25) is 4.79 Å². The number of ether oxygens (including phenoxy) is 2.